The van der Waals surface area contributed by atoms with Crippen molar-refractivity contribution in [3.05, 3.63) is 29.8 Å². The fourth-order valence-electron chi connectivity index (χ4n) is 1.35. The molecular formula is C12H20N2O2S. The van der Waals surface area contributed by atoms with Crippen molar-refractivity contribution in [2.45, 2.75) is 31.7 Å². The maximum atomic E-state index is 11.8. The highest BCUT2D eigenvalue weighted by Crippen LogP contribution is 2.09. The van der Waals surface area contributed by atoms with Crippen LogP contribution < -0.4 is 10.0 Å². The molecule has 0 amide bonds. The molecule has 0 bridgehead atoms. The smallest absolute Gasteiger partial charge is 0.240 e. The van der Waals surface area contributed by atoms with E-state index in [0.717, 1.165) is 5.56 Å². The van der Waals surface area contributed by atoms with E-state index in [-0.39, 0.29) is 0 Å². The van der Waals surface area contributed by atoms with Crippen LogP contribution in [0.5, 0.6) is 0 Å². The predicted octanol–water partition coefficient (Wildman–Crippen LogP) is 1.27. The van der Waals surface area contributed by atoms with Crippen molar-refractivity contribution in [2.75, 3.05) is 13.1 Å². The second-order valence-corrected chi connectivity index (χ2v) is 6.09. The summed E-state index contributed by atoms with van der Waals surface area (Å²) in [6.07, 6.45) is 0. The number of nitrogens with one attached hydrogen (secondary N) is 2. The fourth-order valence-corrected chi connectivity index (χ4v) is 2.38. The molecule has 1 aromatic rings. The Morgan fingerprint density at radius 2 is 1.71 bits per heavy atom. The molecule has 96 valence electrons. The van der Waals surface area contributed by atoms with Gasteiger partial charge in [-0.3, -0.25) is 0 Å². The summed E-state index contributed by atoms with van der Waals surface area (Å²) in [4.78, 5) is 0.313. The van der Waals surface area contributed by atoms with Gasteiger partial charge in [-0.25, -0.2) is 13.1 Å². The minimum atomic E-state index is -3.36. The molecule has 0 saturated carbocycles. The summed E-state index contributed by atoms with van der Waals surface area (Å²) in [5, 5.41) is 3.15. The van der Waals surface area contributed by atoms with Gasteiger partial charge in [-0.2, -0.15) is 0 Å². The van der Waals surface area contributed by atoms with Gasteiger partial charge in [0.05, 0.1) is 4.90 Å². The van der Waals surface area contributed by atoms with Crippen LogP contribution in [0.3, 0.4) is 0 Å². The summed E-state index contributed by atoms with van der Waals surface area (Å²) in [6.45, 7) is 7.00. The molecular weight excluding hydrogens is 236 g/mol. The molecule has 0 radical (unpaired) electrons. The minimum absolute atomic E-state index is 0.313. The van der Waals surface area contributed by atoms with Crippen molar-refractivity contribution in [1.29, 1.82) is 0 Å². The van der Waals surface area contributed by atoms with E-state index in [2.05, 4.69) is 10.0 Å². The molecule has 0 aliphatic heterocycles. The van der Waals surface area contributed by atoms with Gasteiger partial charge in [-0.1, -0.05) is 31.5 Å². The van der Waals surface area contributed by atoms with Gasteiger partial charge in [0, 0.05) is 19.1 Å². The molecule has 2 N–H and O–H groups in total. The van der Waals surface area contributed by atoms with Crippen molar-refractivity contribution >= 4 is 10.0 Å². The molecule has 5 heteroatoms. The van der Waals surface area contributed by atoms with Gasteiger partial charge < -0.3 is 5.32 Å². The van der Waals surface area contributed by atoms with Gasteiger partial charge in [-0.05, 0) is 19.1 Å². The van der Waals surface area contributed by atoms with Crippen LogP contribution in [-0.4, -0.2) is 27.5 Å². The maximum Gasteiger partial charge on any atom is 0.240 e. The molecule has 4 nitrogen and oxygen atoms in total. The molecule has 0 fully saturated rings. The summed E-state index contributed by atoms with van der Waals surface area (Å²) in [5.74, 6) is 0. The van der Waals surface area contributed by atoms with Gasteiger partial charge >= 0.3 is 0 Å². The average Bonchev–Trinajstić information content (AvgIpc) is 2.25. The Hall–Kier alpha value is -0.910. The van der Waals surface area contributed by atoms with Crippen molar-refractivity contribution in [3.63, 3.8) is 0 Å². The third-order valence-corrected chi connectivity index (χ3v) is 3.78. The van der Waals surface area contributed by atoms with Gasteiger partial charge in [-0.15, -0.1) is 0 Å². The van der Waals surface area contributed by atoms with Crippen LogP contribution in [0.25, 0.3) is 0 Å². The van der Waals surface area contributed by atoms with Crippen molar-refractivity contribution in [2.24, 2.45) is 0 Å². The van der Waals surface area contributed by atoms with Crippen molar-refractivity contribution in [1.82, 2.24) is 10.0 Å². The lowest BCUT2D eigenvalue weighted by Gasteiger charge is -2.09. The molecule has 0 aliphatic rings. The van der Waals surface area contributed by atoms with Crippen LogP contribution in [0.2, 0.25) is 0 Å². The first kappa shape index (κ1) is 14.2. The lowest BCUT2D eigenvalue weighted by molar-refractivity contribution is 0.559. The van der Waals surface area contributed by atoms with E-state index in [1.54, 1.807) is 24.3 Å². The molecule has 0 spiro atoms. The van der Waals surface area contributed by atoms with E-state index in [4.69, 9.17) is 0 Å². The van der Waals surface area contributed by atoms with Crippen molar-refractivity contribution in [3.8, 4) is 0 Å². The SMILES string of the molecule is Cc1ccc(S(=O)(=O)NCCNC(C)C)cc1. The summed E-state index contributed by atoms with van der Waals surface area (Å²) < 4.78 is 26.3. The highest BCUT2D eigenvalue weighted by molar-refractivity contribution is 7.89. The molecule has 0 aromatic heterocycles. The first-order valence-corrected chi connectivity index (χ1v) is 7.20. The Labute approximate surface area is 103 Å². The van der Waals surface area contributed by atoms with Gasteiger partial charge in [0.15, 0.2) is 0 Å². The van der Waals surface area contributed by atoms with Crippen LogP contribution >= 0.6 is 0 Å². The molecule has 0 atom stereocenters. The van der Waals surface area contributed by atoms with Crippen LogP contribution in [0.1, 0.15) is 19.4 Å². The van der Waals surface area contributed by atoms with Crippen LogP contribution in [0, 0.1) is 6.92 Å². The number of rotatable bonds is 6. The molecule has 0 aliphatic carbocycles. The Morgan fingerprint density at radius 1 is 1.12 bits per heavy atom. The van der Waals surface area contributed by atoms with Gasteiger partial charge in [0.25, 0.3) is 0 Å². The van der Waals surface area contributed by atoms with E-state index >= 15 is 0 Å². The Morgan fingerprint density at radius 3 is 2.24 bits per heavy atom. The standard InChI is InChI=1S/C12H20N2O2S/c1-10(2)13-8-9-14-17(15,16)12-6-4-11(3)5-7-12/h4-7,10,13-14H,8-9H2,1-3H3. The molecule has 0 heterocycles. The number of benzene rings is 1. The van der Waals surface area contributed by atoms with E-state index < -0.39 is 10.0 Å². The lowest BCUT2D eigenvalue weighted by Crippen LogP contribution is -2.34. The van der Waals surface area contributed by atoms with Crippen LogP contribution in [-0.2, 0) is 10.0 Å². The highest BCUT2D eigenvalue weighted by atomic mass is 32.2. The van der Waals surface area contributed by atoms with E-state index in [0.29, 0.717) is 24.0 Å². The predicted molar refractivity (Wildman–Crippen MR) is 69.5 cm³/mol. The monoisotopic (exact) mass is 256 g/mol. The van der Waals surface area contributed by atoms with E-state index in [1.807, 2.05) is 20.8 Å². The largest absolute Gasteiger partial charge is 0.313 e. The number of sulfonamides is 1. The van der Waals surface area contributed by atoms with E-state index in [9.17, 15) is 8.42 Å². The molecule has 17 heavy (non-hydrogen) atoms. The molecule has 0 saturated heterocycles. The maximum absolute atomic E-state index is 11.8. The second kappa shape index (κ2) is 6.14. The number of hydrogen-bond acceptors (Lipinski definition) is 3. The van der Waals surface area contributed by atoms with E-state index in [1.165, 1.54) is 0 Å². The minimum Gasteiger partial charge on any atom is -0.313 e. The Bertz CT molecular complexity index is 438. The Kier molecular flexibility index (Phi) is 5.11. The zero-order valence-electron chi connectivity index (χ0n) is 10.5. The molecule has 1 rings (SSSR count). The normalized spacial score (nSPS) is 12.0. The molecule has 1 aromatic carbocycles. The van der Waals surface area contributed by atoms with Gasteiger partial charge in [0.1, 0.15) is 0 Å². The first-order chi connectivity index (χ1) is 7.92. The van der Waals surface area contributed by atoms with Crippen LogP contribution in [0.15, 0.2) is 29.2 Å². The quantitative estimate of drug-likeness (QED) is 0.754. The zero-order valence-corrected chi connectivity index (χ0v) is 11.3. The second-order valence-electron chi connectivity index (χ2n) is 4.32. The summed E-state index contributed by atoms with van der Waals surface area (Å²) in [5.41, 5.74) is 1.05. The average molecular weight is 256 g/mol. The number of hydrogen-bond donors (Lipinski definition) is 2. The van der Waals surface area contributed by atoms with Crippen molar-refractivity contribution < 1.29 is 8.42 Å². The first-order valence-electron chi connectivity index (χ1n) is 5.71. The third-order valence-electron chi connectivity index (χ3n) is 2.30. The van der Waals surface area contributed by atoms with Gasteiger partial charge in [0.2, 0.25) is 10.0 Å². The lowest BCUT2D eigenvalue weighted by atomic mass is 10.2. The molecule has 0 unspecified atom stereocenters. The summed E-state index contributed by atoms with van der Waals surface area (Å²) in [7, 11) is -3.36. The highest BCUT2D eigenvalue weighted by Gasteiger charge is 2.12. The third kappa shape index (κ3) is 4.85. The summed E-state index contributed by atoms with van der Waals surface area (Å²) >= 11 is 0. The van der Waals surface area contributed by atoms with Crippen LogP contribution in [0.4, 0.5) is 0 Å². The zero-order chi connectivity index (χ0) is 12.9. The number of aryl methyl sites for hydroxylation is 1. The topological polar surface area (TPSA) is 58.2 Å². The fraction of sp³-hybridized carbons (Fsp3) is 0.500. The summed E-state index contributed by atoms with van der Waals surface area (Å²) in [6, 6.07) is 7.18. The Balaban J connectivity index is 2.54.